The number of carbonyl (C=O) groups is 1. The molecule has 1 aromatic carbocycles. The first-order valence-electron chi connectivity index (χ1n) is 6.33. The van der Waals surface area contributed by atoms with Crippen molar-refractivity contribution in [3.8, 4) is 5.75 Å². The number of aromatic hydroxyl groups is 1. The van der Waals surface area contributed by atoms with Crippen LogP contribution in [-0.2, 0) is 0 Å². The minimum Gasteiger partial charge on any atom is -0.508 e. The van der Waals surface area contributed by atoms with Gasteiger partial charge in [-0.1, -0.05) is 12.8 Å². The highest BCUT2D eigenvalue weighted by Gasteiger charge is 2.22. The third kappa shape index (κ3) is 3.67. The third-order valence-corrected chi connectivity index (χ3v) is 3.19. The average Bonchev–Trinajstić information content (AvgIpc) is 3.18. The van der Waals surface area contributed by atoms with E-state index in [1.54, 1.807) is 0 Å². The number of phenolic OH excluding ortho intramolecular Hbond substituents is 1. The lowest BCUT2D eigenvalue weighted by Gasteiger charge is -2.06. The molecule has 1 aliphatic rings. The van der Waals surface area contributed by atoms with E-state index in [0.29, 0.717) is 6.54 Å². The van der Waals surface area contributed by atoms with Crippen molar-refractivity contribution in [2.75, 3.05) is 6.54 Å². The van der Waals surface area contributed by atoms with Crippen LogP contribution in [0, 0.1) is 16.0 Å². The third-order valence-electron chi connectivity index (χ3n) is 3.19. The van der Waals surface area contributed by atoms with Gasteiger partial charge in [-0.25, -0.2) is 0 Å². The minimum absolute atomic E-state index is 0.101. The summed E-state index contributed by atoms with van der Waals surface area (Å²) in [6.07, 6.45) is 4.50. The van der Waals surface area contributed by atoms with Crippen LogP contribution in [0.25, 0.3) is 0 Å². The second-order valence-electron chi connectivity index (χ2n) is 4.80. The standard InChI is InChI=1S/C13H16N2O4/c16-10-5-6-12(15(18)19)11(8-10)13(17)14-7-1-2-9-3-4-9/h5-6,8-9,16H,1-4,7H2,(H,14,17). The van der Waals surface area contributed by atoms with Crippen LogP contribution in [0.4, 0.5) is 5.69 Å². The van der Waals surface area contributed by atoms with Gasteiger partial charge in [0.2, 0.25) is 0 Å². The predicted molar refractivity (Wildman–Crippen MR) is 69.1 cm³/mol. The molecule has 0 radical (unpaired) electrons. The maximum Gasteiger partial charge on any atom is 0.282 e. The molecule has 1 aliphatic carbocycles. The van der Waals surface area contributed by atoms with E-state index < -0.39 is 10.8 Å². The summed E-state index contributed by atoms with van der Waals surface area (Å²) in [5, 5.41) is 22.8. The molecule has 2 rings (SSSR count). The summed E-state index contributed by atoms with van der Waals surface area (Å²) < 4.78 is 0. The van der Waals surface area contributed by atoms with Gasteiger partial charge in [0.05, 0.1) is 4.92 Å². The van der Waals surface area contributed by atoms with Crippen LogP contribution >= 0.6 is 0 Å². The first kappa shape index (κ1) is 13.3. The average molecular weight is 264 g/mol. The number of nitrogens with zero attached hydrogens (tertiary/aromatic N) is 1. The van der Waals surface area contributed by atoms with Gasteiger partial charge < -0.3 is 10.4 Å². The summed E-state index contributed by atoms with van der Waals surface area (Å²) in [7, 11) is 0. The van der Waals surface area contributed by atoms with E-state index in [9.17, 15) is 20.0 Å². The molecule has 0 unspecified atom stereocenters. The van der Waals surface area contributed by atoms with Crippen molar-refractivity contribution in [2.45, 2.75) is 25.7 Å². The molecule has 0 atom stereocenters. The Morgan fingerprint density at radius 3 is 2.84 bits per heavy atom. The van der Waals surface area contributed by atoms with E-state index in [1.807, 2.05) is 0 Å². The Kier molecular flexibility index (Phi) is 3.99. The summed E-state index contributed by atoms with van der Waals surface area (Å²) in [5.74, 6) is 0.124. The molecule has 0 bridgehead atoms. The van der Waals surface area contributed by atoms with Gasteiger partial charge in [-0.3, -0.25) is 14.9 Å². The van der Waals surface area contributed by atoms with Crippen LogP contribution in [0.1, 0.15) is 36.0 Å². The second kappa shape index (κ2) is 5.69. The summed E-state index contributed by atoms with van der Waals surface area (Å²) >= 11 is 0. The quantitative estimate of drug-likeness (QED) is 0.468. The largest absolute Gasteiger partial charge is 0.508 e. The Morgan fingerprint density at radius 2 is 2.21 bits per heavy atom. The van der Waals surface area contributed by atoms with Gasteiger partial charge in [0, 0.05) is 12.6 Å². The summed E-state index contributed by atoms with van der Waals surface area (Å²) in [6.45, 7) is 0.502. The zero-order chi connectivity index (χ0) is 13.8. The van der Waals surface area contributed by atoms with E-state index in [-0.39, 0.29) is 17.0 Å². The van der Waals surface area contributed by atoms with Crippen LogP contribution < -0.4 is 5.32 Å². The number of carbonyl (C=O) groups excluding carboxylic acids is 1. The molecule has 102 valence electrons. The molecule has 1 fully saturated rings. The van der Waals surface area contributed by atoms with E-state index >= 15 is 0 Å². The zero-order valence-electron chi connectivity index (χ0n) is 10.5. The van der Waals surface area contributed by atoms with E-state index in [4.69, 9.17) is 0 Å². The number of amides is 1. The Morgan fingerprint density at radius 1 is 1.47 bits per heavy atom. The molecule has 19 heavy (non-hydrogen) atoms. The molecule has 0 heterocycles. The number of nitrogens with one attached hydrogen (secondary N) is 1. The maximum absolute atomic E-state index is 11.9. The van der Waals surface area contributed by atoms with Crippen LogP contribution in [-0.4, -0.2) is 22.5 Å². The van der Waals surface area contributed by atoms with Crippen molar-refractivity contribution in [3.05, 3.63) is 33.9 Å². The predicted octanol–water partition coefficient (Wildman–Crippen LogP) is 2.22. The molecule has 0 saturated heterocycles. The Bertz CT molecular complexity index is 497. The number of rotatable bonds is 6. The molecular weight excluding hydrogens is 248 g/mol. The molecule has 6 nitrogen and oxygen atoms in total. The Hall–Kier alpha value is -2.11. The highest BCUT2D eigenvalue weighted by Crippen LogP contribution is 2.33. The highest BCUT2D eigenvalue weighted by atomic mass is 16.6. The van der Waals surface area contributed by atoms with Gasteiger partial charge in [-0.2, -0.15) is 0 Å². The maximum atomic E-state index is 11.9. The number of phenols is 1. The van der Waals surface area contributed by atoms with Crippen LogP contribution in [0.5, 0.6) is 5.75 Å². The lowest BCUT2D eigenvalue weighted by Crippen LogP contribution is -2.25. The first-order chi connectivity index (χ1) is 9.08. The molecule has 6 heteroatoms. The van der Waals surface area contributed by atoms with E-state index in [1.165, 1.54) is 18.9 Å². The Balaban J connectivity index is 1.96. The summed E-state index contributed by atoms with van der Waals surface area (Å²) in [4.78, 5) is 22.0. The Labute approximate surface area is 110 Å². The molecule has 1 saturated carbocycles. The number of benzene rings is 1. The van der Waals surface area contributed by atoms with Crippen molar-refractivity contribution >= 4 is 11.6 Å². The van der Waals surface area contributed by atoms with Crippen molar-refractivity contribution in [1.29, 1.82) is 0 Å². The number of nitro benzene ring substituents is 1. The number of hydrogen-bond donors (Lipinski definition) is 2. The molecule has 2 N–H and O–H groups in total. The molecule has 0 aromatic heterocycles. The first-order valence-corrected chi connectivity index (χ1v) is 6.33. The molecule has 1 aromatic rings. The van der Waals surface area contributed by atoms with Crippen molar-refractivity contribution in [1.82, 2.24) is 5.32 Å². The smallest absolute Gasteiger partial charge is 0.282 e. The van der Waals surface area contributed by atoms with E-state index in [0.717, 1.165) is 30.9 Å². The van der Waals surface area contributed by atoms with Crippen LogP contribution in [0.15, 0.2) is 18.2 Å². The van der Waals surface area contributed by atoms with Crippen molar-refractivity contribution < 1.29 is 14.8 Å². The minimum atomic E-state index is -0.626. The fourth-order valence-electron chi connectivity index (χ4n) is 1.96. The fraction of sp³-hybridized carbons (Fsp3) is 0.462. The SMILES string of the molecule is O=C(NCCCC1CC1)c1cc(O)ccc1[N+](=O)[O-]. The van der Waals surface area contributed by atoms with Gasteiger partial charge in [0.15, 0.2) is 0 Å². The van der Waals surface area contributed by atoms with Gasteiger partial charge >= 0.3 is 0 Å². The molecule has 0 aliphatic heterocycles. The fourth-order valence-corrected chi connectivity index (χ4v) is 1.96. The number of nitro groups is 1. The lowest BCUT2D eigenvalue weighted by atomic mass is 10.1. The summed E-state index contributed by atoms with van der Waals surface area (Å²) in [6, 6.07) is 3.45. The van der Waals surface area contributed by atoms with Crippen molar-refractivity contribution in [2.24, 2.45) is 5.92 Å². The monoisotopic (exact) mass is 264 g/mol. The second-order valence-corrected chi connectivity index (χ2v) is 4.80. The van der Waals surface area contributed by atoms with Gasteiger partial charge in [-0.05, 0) is 30.9 Å². The zero-order valence-corrected chi connectivity index (χ0v) is 10.5. The normalized spacial score (nSPS) is 14.1. The van der Waals surface area contributed by atoms with Crippen LogP contribution in [0.2, 0.25) is 0 Å². The highest BCUT2D eigenvalue weighted by molar-refractivity contribution is 5.98. The number of hydrogen-bond acceptors (Lipinski definition) is 4. The topological polar surface area (TPSA) is 92.5 Å². The lowest BCUT2D eigenvalue weighted by molar-refractivity contribution is -0.385. The molecular formula is C13H16N2O4. The van der Waals surface area contributed by atoms with Gasteiger partial charge in [-0.15, -0.1) is 0 Å². The molecule has 1 amide bonds. The van der Waals surface area contributed by atoms with Gasteiger partial charge in [0.25, 0.3) is 11.6 Å². The van der Waals surface area contributed by atoms with E-state index in [2.05, 4.69) is 5.32 Å². The molecule has 0 spiro atoms. The summed E-state index contributed by atoms with van der Waals surface area (Å²) in [5.41, 5.74) is -0.395. The van der Waals surface area contributed by atoms with Crippen molar-refractivity contribution in [3.63, 3.8) is 0 Å². The van der Waals surface area contributed by atoms with Gasteiger partial charge in [0.1, 0.15) is 11.3 Å². The van der Waals surface area contributed by atoms with Crippen LogP contribution in [0.3, 0.4) is 0 Å².